The number of benzene rings is 1. The molecule has 2 nitrogen and oxygen atoms in total. The highest BCUT2D eigenvalue weighted by atomic mass is 14.9. The second-order valence-electron chi connectivity index (χ2n) is 5.83. The molecule has 1 aromatic carbocycles. The number of nitrogens with one attached hydrogen (secondary N) is 1. The molecule has 0 fully saturated rings. The second-order valence-corrected chi connectivity index (χ2v) is 5.83. The van der Waals surface area contributed by atoms with Crippen LogP contribution in [0.25, 0.3) is 0 Å². The van der Waals surface area contributed by atoms with E-state index in [1.54, 1.807) is 0 Å². The number of hydrogen-bond donors (Lipinski definition) is 1. The zero-order chi connectivity index (χ0) is 13.7. The number of para-hydroxylation sites is 1. The van der Waals surface area contributed by atoms with E-state index < -0.39 is 0 Å². The number of hydrogen-bond acceptors (Lipinski definition) is 2. The number of aromatic nitrogens is 1. The van der Waals surface area contributed by atoms with Crippen LogP contribution < -0.4 is 5.32 Å². The van der Waals surface area contributed by atoms with Gasteiger partial charge in [-0.3, -0.25) is 4.98 Å². The molecule has 0 saturated heterocycles. The highest BCUT2D eigenvalue weighted by Crippen LogP contribution is 2.29. The molecule has 0 spiro atoms. The van der Waals surface area contributed by atoms with E-state index >= 15 is 0 Å². The van der Waals surface area contributed by atoms with Crippen LogP contribution in [0.2, 0.25) is 0 Å². The fourth-order valence-electron chi connectivity index (χ4n) is 2.18. The summed E-state index contributed by atoms with van der Waals surface area (Å²) in [5.74, 6) is 0. The zero-order valence-electron chi connectivity index (χ0n) is 12.0. The SMILES string of the molecule is CC(C)(C)c1ccccc1NCCc1cccnc1. The standard InChI is InChI=1S/C17H22N2/c1-17(2,3)15-8-4-5-9-16(15)19-12-10-14-7-6-11-18-13-14/h4-9,11,13,19H,10,12H2,1-3H3. The molecule has 1 heterocycles. The van der Waals surface area contributed by atoms with Crippen LogP contribution in [-0.4, -0.2) is 11.5 Å². The summed E-state index contributed by atoms with van der Waals surface area (Å²) < 4.78 is 0. The third-order valence-corrected chi connectivity index (χ3v) is 3.19. The molecule has 0 radical (unpaired) electrons. The fraction of sp³-hybridized carbons (Fsp3) is 0.353. The molecule has 100 valence electrons. The molecule has 0 bridgehead atoms. The molecule has 0 aliphatic rings. The van der Waals surface area contributed by atoms with Gasteiger partial charge in [0.05, 0.1) is 0 Å². The van der Waals surface area contributed by atoms with Gasteiger partial charge in [0.15, 0.2) is 0 Å². The first-order chi connectivity index (χ1) is 9.07. The summed E-state index contributed by atoms with van der Waals surface area (Å²) in [6.45, 7) is 7.66. The van der Waals surface area contributed by atoms with Crippen molar-refractivity contribution in [3.05, 3.63) is 59.9 Å². The van der Waals surface area contributed by atoms with Gasteiger partial charge in [0.2, 0.25) is 0 Å². The Labute approximate surface area is 115 Å². The maximum atomic E-state index is 4.14. The van der Waals surface area contributed by atoms with Crippen molar-refractivity contribution in [3.8, 4) is 0 Å². The minimum absolute atomic E-state index is 0.165. The first-order valence-electron chi connectivity index (χ1n) is 6.79. The van der Waals surface area contributed by atoms with Gasteiger partial charge >= 0.3 is 0 Å². The van der Waals surface area contributed by atoms with Crippen LogP contribution in [0.3, 0.4) is 0 Å². The summed E-state index contributed by atoms with van der Waals surface area (Å²) in [5, 5.41) is 3.54. The maximum Gasteiger partial charge on any atom is 0.0378 e. The van der Waals surface area contributed by atoms with Gasteiger partial charge in [-0.25, -0.2) is 0 Å². The average molecular weight is 254 g/mol. The van der Waals surface area contributed by atoms with Crippen molar-refractivity contribution in [1.82, 2.24) is 4.98 Å². The lowest BCUT2D eigenvalue weighted by Gasteiger charge is -2.23. The molecule has 2 rings (SSSR count). The second kappa shape index (κ2) is 5.87. The molecule has 2 heteroatoms. The molecule has 0 aliphatic heterocycles. The van der Waals surface area contributed by atoms with Crippen LogP contribution in [0.15, 0.2) is 48.8 Å². The summed E-state index contributed by atoms with van der Waals surface area (Å²) in [6, 6.07) is 12.6. The molecule has 0 aliphatic carbocycles. The van der Waals surface area contributed by atoms with E-state index in [0.29, 0.717) is 0 Å². The lowest BCUT2D eigenvalue weighted by Crippen LogP contribution is -2.15. The van der Waals surface area contributed by atoms with Crippen LogP contribution in [-0.2, 0) is 11.8 Å². The van der Waals surface area contributed by atoms with Crippen LogP contribution in [0, 0.1) is 0 Å². The molecular weight excluding hydrogens is 232 g/mol. The molecule has 0 saturated carbocycles. The highest BCUT2D eigenvalue weighted by molar-refractivity contribution is 5.54. The molecule has 0 unspecified atom stereocenters. The Morgan fingerprint density at radius 3 is 2.53 bits per heavy atom. The Bertz CT molecular complexity index is 512. The van der Waals surface area contributed by atoms with E-state index in [1.165, 1.54) is 16.8 Å². The number of anilines is 1. The van der Waals surface area contributed by atoms with Crippen molar-refractivity contribution in [2.45, 2.75) is 32.6 Å². The third kappa shape index (κ3) is 3.82. The van der Waals surface area contributed by atoms with E-state index in [4.69, 9.17) is 0 Å². The van der Waals surface area contributed by atoms with E-state index in [2.05, 4.69) is 61.4 Å². The van der Waals surface area contributed by atoms with Crippen LogP contribution >= 0.6 is 0 Å². The summed E-state index contributed by atoms with van der Waals surface area (Å²) in [4.78, 5) is 4.14. The monoisotopic (exact) mass is 254 g/mol. The maximum absolute atomic E-state index is 4.14. The van der Waals surface area contributed by atoms with Crippen molar-refractivity contribution in [2.24, 2.45) is 0 Å². The van der Waals surface area contributed by atoms with Gasteiger partial charge in [-0.15, -0.1) is 0 Å². The number of nitrogens with zero attached hydrogens (tertiary/aromatic N) is 1. The van der Waals surface area contributed by atoms with Gasteiger partial charge in [0, 0.05) is 24.6 Å². The van der Waals surface area contributed by atoms with Crippen LogP contribution in [0.4, 0.5) is 5.69 Å². The van der Waals surface area contributed by atoms with Crippen LogP contribution in [0.5, 0.6) is 0 Å². The Balaban J connectivity index is 2.00. The Kier molecular flexibility index (Phi) is 4.20. The average Bonchev–Trinajstić information content (AvgIpc) is 2.39. The van der Waals surface area contributed by atoms with Crippen molar-refractivity contribution < 1.29 is 0 Å². The van der Waals surface area contributed by atoms with Crippen molar-refractivity contribution in [1.29, 1.82) is 0 Å². The molecular formula is C17H22N2. The van der Waals surface area contributed by atoms with E-state index in [-0.39, 0.29) is 5.41 Å². The minimum atomic E-state index is 0.165. The highest BCUT2D eigenvalue weighted by Gasteiger charge is 2.16. The van der Waals surface area contributed by atoms with Crippen molar-refractivity contribution >= 4 is 5.69 Å². The summed E-state index contributed by atoms with van der Waals surface area (Å²) >= 11 is 0. The van der Waals surface area contributed by atoms with Gasteiger partial charge < -0.3 is 5.32 Å². The summed E-state index contributed by atoms with van der Waals surface area (Å²) in [7, 11) is 0. The summed E-state index contributed by atoms with van der Waals surface area (Å²) in [5.41, 5.74) is 4.03. The topological polar surface area (TPSA) is 24.9 Å². The molecule has 19 heavy (non-hydrogen) atoms. The van der Waals surface area contributed by atoms with E-state index in [1.807, 2.05) is 18.5 Å². The molecule has 0 atom stereocenters. The predicted octanol–water partition coefficient (Wildman–Crippen LogP) is 4.03. The Morgan fingerprint density at radius 1 is 1.05 bits per heavy atom. The smallest absolute Gasteiger partial charge is 0.0378 e. The number of rotatable bonds is 4. The molecule has 0 amide bonds. The first-order valence-corrected chi connectivity index (χ1v) is 6.79. The Morgan fingerprint density at radius 2 is 1.84 bits per heavy atom. The normalized spacial score (nSPS) is 11.3. The van der Waals surface area contributed by atoms with Crippen molar-refractivity contribution in [3.63, 3.8) is 0 Å². The van der Waals surface area contributed by atoms with E-state index in [9.17, 15) is 0 Å². The zero-order valence-corrected chi connectivity index (χ0v) is 12.0. The number of pyridine rings is 1. The first kappa shape index (κ1) is 13.6. The minimum Gasteiger partial charge on any atom is -0.384 e. The Hall–Kier alpha value is -1.83. The van der Waals surface area contributed by atoms with Gasteiger partial charge in [-0.05, 0) is 35.1 Å². The molecule has 2 aromatic rings. The third-order valence-electron chi connectivity index (χ3n) is 3.19. The van der Waals surface area contributed by atoms with Gasteiger partial charge in [-0.2, -0.15) is 0 Å². The largest absolute Gasteiger partial charge is 0.384 e. The molecule has 1 N–H and O–H groups in total. The van der Waals surface area contributed by atoms with Gasteiger partial charge in [0.1, 0.15) is 0 Å². The van der Waals surface area contributed by atoms with Crippen molar-refractivity contribution in [2.75, 3.05) is 11.9 Å². The van der Waals surface area contributed by atoms with E-state index in [0.717, 1.165) is 13.0 Å². The fourth-order valence-corrected chi connectivity index (χ4v) is 2.18. The van der Waals surface area contributed by atoms with Gasteiger partial charge in [0.25, 0.3) is 0 Å². The quantitative estimate of drug-likeness (QED) is 0.891. The lowest BCUT2D eigenvalue weighted by atomic mass is 9.86. The lowest BCUT2D eigenvalue weighted by molar-refractivity contribution is 0.591. The predicted molar refractivity (Wildman–Crippen MR) is 81.6 cm³/mol. The molecule has 1 aromatic heterocycles. The summed E-state index contributed by atoms with van der Waals surface area (Å²) in [6.07, 6.45) is 4.73. The van der Waals surface area contributed by atoms with Crippen LogP contribution in [0.1, 0.15) is 31.9 Å². The van der Waals surface area contributed by atoms with Gasteiger partial charge in [-0.1, -0.05) is 45.0 Å².